The molecule has 2 heterocycles. The van der Waals surface area contributed by atoms with E-state index in [2.05, 4.69) is 23.5 Å². The summed E-state index contributed by atoms with van der Waals surface area (Å²) in [6.45, 7) is 3.97. The molecule has 8 heteroatoms. The fraction of sp³-hybridized carbons (Fsp3) is 0.192. The van der Waals surface area contributed by atoms with Crippen LogP contribution in [0.2, 0.25) is 5.02 Å². The van der Waals surface area contributed by atoms with Crippen molar-refractivity contribution in [3.63, 3.8) is 0 Å². The molecule has 3 aromatic carbocycles. The first kappa shape index (κ1) is 22.5. The molecule has 1 aliphatic rings. The summed E-state index contributed by atoms with van der Waals surface area (Å²) in [4.78, 5) is 17.8. The maximum absolute atomic E-state index is 13.1. The fourth-order valence-corrected chi connectivity index (χ4v) is 5.31. The Bertz CT molecular complexity index is 1410. The molecule has 1 atom stereocenters. The first-order valence-corrected chi connectivity index (χ1v) is 12.4. The van der Waals surface area contributed by atoms with Gasteiger partial charge in [-0.05, 0) is 41.8 Å². The van der Waals surface area contributed by atoms with Crippen LogP contribution in [0.25, 0.3) is 10.8 Å². The average Bonchev–Trinajstić information content (AvgIpc) is 3.25. The first-order chi connectivity index (χ1) is 16.6. The summed E-state index contributed by atoms with van der Waals surface area (Å²) in [5.41, 5.74) is 3.22. The summed E-state index contributed by atoms with van der Waals surface area (Å²) in [6.07, 6.45) is 0. The van der Waals surface area contributed by atoms with E-state index < -0.39 is 6.04 Å². The number of anilines is 1. The highest BCUT2D eigenvalue weighted by atomic mass is 35.5. The van der Waals surface area contributed by atoms with Gasteiger partial charge in [0, 0.05) is 16.5 Å². The van der Waals surface area contributed by atoms with Gasteiger partial charge in [0.2, 0.25) is 11.1 Å². The lowest BCUT2D eigenvalue weighted by molar-refractivity contribution is -0.139. The van der Waals surface area contributed by atoms with E-state index >= 15 is 0 Å². The molecule has 0 bridgehead atoms. The van der Waals surface area contributed by atoms with E-state index in [1.165, 1.54) is 11.8 Å². The number of fused-ring (bicyclic) bond motifs is 2. The van der Waals surface area contributed by atoms with Gasteiger partial charge in [0.05, 0.1) is 12.2 Å². The van der Waals surface area contributed by atoms with Crippen LogP contribution in [0.15, 0.2) is 83.2 Å². The van der Waals surface area contributed by atoms with Gasteiger partial charge in [-0.25, -0.2) is 9.48 Å². The van der Waals surface area contributed by atoms with Gasteiger partial charge in [0.15, 0.2) is 0 Å². The molecule has 1 unspecified atom stereocenters. The van der Waals surface area contributed by atoms with Crippen molar-refractivity contribution in [2.24, 2.45) is 0 Å². The van der Waals surface area contributed by atoms with Gasteiger partial charge in [-0.1, -0.05) is 84.0 Å². The Morgan fingerprint density at radius 3 is 2.71 bits per heavy atom. The standard InChI is InChI=1S/C26H23ClN4O2S/c1-3-33-24(32)22-16(2)28-25-29-26(34-15-18-10-5-7-14-21(18)27)30-31(25)23(22)20-13-8-11-17-9-4-6-12-19(17)20/h4-14,23H,3,15H2,1-2H3,(H,28,29,30). The lowest BCUT2D eigenvalue weighted by Gasteiger charge is -2.28. The number of ether oxygens (including phenoxy) is 1. The molecule has 4 aromatic rings. The summed E-state index contributed by atoms with van der Waals surface area (Å²) < 4.78 is 7.23. The molecule has 1 aliphatic heterocycles. The Balaban J connectivity index is 1.59. The second-order valence-electron chi connectivity index (χ2n) is 7.90. The molecule has 6 nitrogen and oxygen atoms in total. The SMILES string of the molecule is CCOC(=O)C1=C(C)Nc2nc(SCc3ccccc3Cl)nn2C1c1cccc2ccccc12. The van der Waals surface area contributed by atoms with Crippen LogP contribution in [-0.4, -0.2) is 27.3 Å². The van der Waals surface area contributed by atoms with Crippen molar-refractivity contribution < 1.29 is 9.53 Å². The molecular formula is C26H23ClN4O2S. The number of nitrogens with zero attached hydrogens (tertiary/aromatic N) is 3. The zero-order chi connectivity index (χ0) is 23.7. The zero-order valence-electron chi connectivity index (χ0n) is 18.8. The second-order valence-corrected chi connectivity index (χ2v) is 9.25. The molecular weight excluding hydrogens is 468 g/mol. The normalized spacial score (nSPS) is 15.2. The quantitative estimate of drug-likeness (QED) is 0.255. The Hall–Kier alpha value is -3.29. The lowest BCUT2D eigenvalue weighted by Crippen LogP contribution is -2.29. The average molecular weight is 491 g/mol. The number of nitrogens with one attached hydrogen (secondary N) is 1. The third-order valence-corrected chi connectivity index (χ3v) is 7.02. The topological polar surface area (TPSA) is 69.0 Å². The highest BCUT2D eigenvalue weighted by Gasteiger charge is 2.36. The van der Waals surface area contributed by atoms with E-state index in [9.17, 15) is 4.79 Å². The van der Waals surface area contributed by atoms with Gasteiger partial charge in [-0.15, -0.1) is 5.10 Å². The molecule has 0 saturated heterocycles. The number of allylic oxidation sites excluding steroid dienone is 1. The predicted molar refractivity (Wildman–Crippen MR) is 136 cm³/mol. The first-order valence-electron chi connectivity index (χ1n) is 11.0. The van der Waals surface area contributed by atoms with Crippen molar-refractivity contribution in [3.05, 3.63) is 94.1 Å². The molecule has 1 N–H and O–H groups in total. The Kier molecular flexibility index (Phi) is 6.30. The molecule has 0 saturated carbocycles. The largest absolute Gasteiger partial charge is 0.463 e. The lowest BCUT2D eigenvalue weighted by atomic mass is 9.91. The van der Waals surface area contributed by atoms with E-state index in [0.717, 1.165) is 21.9 Å². The number of carbonyl (C=O) groups excluding carboxylic acids is 1. The Morgan fingerprint density at radius 1 is 1.12 bits per heavy atom. The van der Waals surface area contributed by atoms with Crippen molar-refractivity contribution in [3.8, 4) is 0 Å². The zero-order valence-corrected chi connectivity index (χ0v) is 20.4. The predicted octanol–water partition coefficient (Wildman–Crippen LogP) is 6.23. The Labute approximate surface area is 207 Å². The molecule has 0 aliphatic carbocycles. The van der Waals surface area contributed by atoms with Crippen LogP contribution < -0.4 is 5.32 Å². The molecule has 172 valence electrons. The summed E-state index contributed by atoms with van der Waals surface area (Å²) in [7, 11) is 0. The second kappa shape index (κ2) is 9.52. The van der Waals surface area contributed by atoms with Crippen LogP contribution in [-0.2, 0) is 15.3 Å². The van der Waals surface area contributed by atoms with E-state index in [4.69, 9.17) is 26.4 Å². The number of esters is 1. The molecule has 0 radical (unpaired) electrons. The molecule has 1 aromatic heterocycles. The van der Waals surface area contributed by atoms with Gasteiger partial charge < -0.3 is 10.1 Å². The molecule has 34 heavy (non-hydrogen) atoms. The monoisotopic (exact) mass is 490 g/mol. The number of hydrogen-bond donors (Lipinski definition) is 1. The number of thioether (sulfide) groups is 1. The number of carbonyl (C=O) groups is 1. The van der Waals surface area contributed by atoms with E-state index in [1.807, 2.05) is 55.5 Å². The van der Waals surface area contributed by atoms with Crippen molar-refractivity contribution in [1.29, 1.82) is 0 Å². The smallest absolute Gasteiger partial charge is 0.338 e. The van der Waals surface area contributed by atoms with Crippen LogP contribution in [0.3, 0.4) is 0 Å². The maximum Gasteiger partial charge on any atom is 0.338 e. The van der Waals surface area contributed by atoms with Gasteiger partial charge in [-0.3, -0.25) is 0 Å². The Morgan fingerprint density at radius 2 is 1.88 bits per heavy atom. The number of aromatic nitrogens is 3. The molecule has 0 fully saturated rings. The summed E-state index contributed by atoms with van der Waals surface area (Å²) in [6, 6.07) is 21.5. The minimum absolute atomic E-state index is 0.293. The van der Waals surface area contributed by atoms with Gasteiger partial charge in [0.1, 0.15) is 6.04 Å². The number of halogens is 1. The van der Waals surface area contributed by atoms with Crippen LogP contribution in [0.4, 0.5) is 5.95 Å². The summed E-state index contributed by atoms with van der Waals surface area (Å²) >= 11 is 7.82. The molecule has 0 spiro atoms. The van der Waals surface area contributed by atoms with Crippen molar-refractivity contribution in [1.82, 2.24) is 14.8 Å². The van der Waals surface area contributed by atoms with Crippen LogP contribution in [0, 0.1) is 0 Å². The highest BCUT2D eigenvalue weighted by molar-refractivity contribution is 7.98. The minimum atomic E-state index is -0.469. The van der Waals surface area contributed by atoms with Crippen molar-refractivity contribution in [2.75, 3.05) is 11.9 Å². The van der Waals surface area contributed by atoms with Crippen molar-refractivity contribution in [2.45, 2.75) is 30.8 Å². The van der Waals surface area contributed by atoms with E-state index in [-0.39, 0.29) is 5.97 Å². The number of hydrogen-bond acceptors (Lipinski definition) is 6. The van der Waals surface area contributed by atoms with Gasteiger partial charge in [0.25, 0.3) is 0 Å². The third kappa shape index (κ3) is 4.17. The number of rotatable bonds is 6. The molecule has 0 amide bonds. The molecule has 5 rings (SSSR count). The fourth-order valence-electron chi connectivity index (χ4n) is 4.20. The summed E-state index contributed by atoms with van der Waals surface area (Å²) in [5, 5.41) is 11.5. The summed E-state index contributed by atoms with van der Waals surface area (Å²) in [5.74, 6) is 0.862. The van der Waals surface area contributed by atoms with E-state index in [0.29, 0.717) is 39.8 Å². The van der Waals surface area contributed by atoms with Gasteiger partial charge in [-0.2, -0.15) is 4.98 Å². The van der Waals surface area contributed by atoms with Crippen molar-refractivity contribution >= 4 is 46.1 Å². The van der Waals surface area contributed by atoms with Crippen LogP contribution >= 0.6 is 23.4 Å². The maximum atomic E-state index is 13.1. The van der Waals surface area contributed by atoms with Crippen LogP contribution in [0.5, 0.6) is 0 Å². The van der Waals surface area contributed by atoms with E-state index in [1.54, 1.807) is 11.6 Å². The highest BCUT2D eigenvalue weighted by Crippen LogP contribution is 2.39. The van der Waals surface area contributed by atoms with Crippen LogP contribution in [0.1, 0.15) is 31.0 Å². The minimum Gasteiger partial charge on any atom is -0.463 e. The number of benzene rings is 3. The third-order valence-electron chi connectivity index (χ3n) is 5.76. The van der Waals surface area contributed by atoms with Gasteiger partial charge >= 0.3 is 5.97 Å².